The van der Waals surface area contributed by atoms with Gasteiger partial charge in [-0.15, -0.1) is 17.0 Å². The Morgan fingerprint density at radius 3 is 2.55 bits per heavy atom. The number of halogens is 1. The van der Waals surface area contributed by atoms with Crippen molar-refractivity contribution in [3.8, 4) is 0 Å². The third kappa shape index (κ3) is 2.94. The van der Waals surface area contributed by atoms with E-state index in [2.05, 4.69) is 72.0 Å². The molecule has 3 aromatic rings. The van der Waals surface area contributed by atoms with Crippen LogP contribution in [-0.4, -0.2) is 6.54 Å². The first kappa shape index (κ1) is 15.3. The van der Waals surface area contributed by atoms with Gasteiger partial charge in [0.2, 0.25) is 0 Å². The number of fused-ring (bicyclic) bond motifs is 2. The monoisotopic (exact) mass is 353 g/mol. The molecule has 1 heterocycles. The highest BCUT2D eigenvalue weighted by Crippen LogP contribution is 2.27. The van der Waals surface area contributed by atoms with Crippen molar-refractivity contribution in [3.05, 3.63) is 83.4 Å². The fraction of sp³-hybridized carbons (Fsp3) is 0.200. The van der Waals surface area contributed by atoms with Crippen molar-refractivity contribution in [2.24, 2.45) is 0 Å². The summed E-state index contributed by atoms with van der Waals surface area (Å²) in [4.78, 5) is 0. The Bertz CT molecular complexity index is 781. The third-order valence-electron chi connectivity index (χ3n) is 4.47. The summed E-state index contributed by atoms with van der Waals surface area (Å²) in [5, 5.41) is 6.32. The Balaban J connectivity index is 0.00000144. The largest absolute Gasteiger partial charge is 0.309 e. The first-order valence-corrected chi connectivity index (χ1v) is 7.69. The minimum Gasteiger partial charge on any atom is -0.309 e. The molecule has 1 aliphatic rings. The van der Waals surface area contributed by atoms with E-state index in [1.165, 1.54) is 27.5 Å². The van der Waals surface area contributed by atoms with Gasteiger partial charge >= 0.3 is 0 Å². The maximum absolute atomic E-state index is 3.67. The molecule has 112 valence electrons. The second kappa shape index (κ2) is 6.64. The molecule has 1 unspecified atom stereocenters. The van der Waals surface area contributed by atoms with E-state index in [0.717, 1.165) is 19.4 Å². The van der Waals surface area contributed by atoms with Gasteiger partial charge in [-0.2, -0.15) is 0 Å². The molecule has 2 heteroatoms. The molecule has 0 bridgehead atoms. The Morgan fingerprint density at radius 1 is 0.864 bits per heavy atom. The fourth-order valence-corrected chi connectivity index (χ4v) is 3.38. The molecule has 1 N–H and O–H groups in total. The van der Waals surface area contributed by atoms with E-state index in [0.29, 0.717) is 6.04 Å². The molecule has 0 aromatic heterocycles. The van der Waals surface area contributed by atoms with Crippen LogP contribution in [0, 0.1) is 0 Å². The van der Waals surface area contributed by atoms with Crippen LogP contribution < -0.4 is 5.32 Å². The average Bonchev–Trinajstić information content (AvgIpc) is 2.55. The lowest BCUT2D eigenvalue weighted by Gasteiger charge is -2.27. The van der Waals surface area contributed by atoms with Crippen molar-refractivity contribution in [2.75, 3.05) is 6.54 Å². The predicted molar refractivity (Wildman–Crippen MR) is 98.9 cm³/mol. The van der Waals surface area contributed by atoms with E-state index in [9.17, 15) is 0 Å². The lowest BCUT2D eigenvalue weighted by Crippen LogP contribution is -2.31. The normalized spacial score (nSPS) is 16.8. The highest BCUT2D eigenvalue weighted by molar-refractivity contribution is 8.93. The highest BCUT2D eigenvalue weighted by Gasteiger charge is 2.19. The average molecular weight is 354 g/mol. The Labute approximate surface area is 142 Å². The molecule has 0 radical (unpaired) electrons. The molecule has 0 aliphatic carbocycles. The number of nitrogens with one attached hydrogen (secondary N) is 1. The van der Waals surface area contributed by atoms with Gasteiger partial charge in [0.05, 0.1) is 0 Å². The van der Waals surface area contributed by atoms with Gasteiger partial charge in [0, 0.05) is 6.04 Å². The quantitative estimate of drug-likeness (QED) is 0.694. The zero-order valence-corrected chi connectivity index (χ0v) is 14.2. The fourth-order valence-electron chi connectivity index (χ4n) is 3.38. The van der Waals surface area contributed by atoms with Crippen molar-refractivity contribution in [1.82, 2.24) is 5.32 Å². The van der Waals surface area contributed by atoms with Gasteiger partial charge in [0.1, 0.15) is 0 Å². The first-order valence-electron chi connectivity index (χ1n) is 7.69. The SMILES string of the molecule is Br.c1ccc2c(c1)CCNC2Cc1ccc2ccccc2c1. The summed E-state index contributed by atoms with van der Waals surface area (Å²) in [6.07, 6.45) is 2.20. The second-order valence-corrected chi connectivity index (χ2v) is 5.84. The minimum atomic E-state index is 0. The molecule has 1 atom stereocenters. The summed E-state index contributed by atoms with van der Waals surface area (Å²) in [5.74, 6) is 0. The van der Waals surface area contributed by atoms with E-state index in [-0.39, 0.29) is 17.0 Å². The van der Waals surface area contributed by atoms with Crippen LogP contribution in [0.3, 0.4) is 0 Å². The number of hydrogen-bond acceptors (Lipinski definition) is 1. The van der Waals surface area contributed by atoms with Gasteiger partial charge in [0.25, 0.3) is 0 Å². The molecule has 3 aromatic carbocycles. The summed E-state index contributed by atoms with van der Waals surface area (Å²) in [6.45, 7) is 1.08. The van der Waals surface area contributed by atoms with Crippen LogP contribution in [0.2, 0.25) is 0 Å². The van der Waals surface area contributed by atoms with Crippen LogP contribution in [0.15, 0.2) is 66.7 Å². The van der Waals surface area contributed by atoms with Crippen LogP contribution in [-0.2, 0) is 12.8 Å². The van der Waals surface area contributed by atoms with E-state index in [1.807, 2.05) is 0 Å². The number of hydrogen-bond donors (Lipinski definition) is 1. The molecule has 22 heavy (non-hydrogen) atoms. The zero-order chi connectivity index (χ0) is 14.1. The second-order valence-electron chi connectivity index (χ2n) is 5.84. The number of benzene rings is 3. The summed E-state index contributed by atoms with van der Waals surface area (Å²) >= 11 is 0. The number of rotatable bonds is 2. The smallest absolute Gasteiger partial charge is 0.0363 e. The van der Waals surface area contributed by atoms with Crippen LogP contribution in [0.4, 0.5) is 0 Å². The van der Waals surface area contributed by atoms with E-state index >= 15 is 0 Å². The Morgan fingerprint density at radius 2 is 1.64 bits per heavy atom. The molecule has 1 nitrogen and oxygen atoms in total. The van der Waals surface area contributed by atoms with Crippen LogP contribution in [0.1, 0.15) is 22.7 Å². The van der Waals surface area contributed by atoms with Crippen molar-refractivity contribution in [3.63, 3.8) is 0 Å². The lowest BCUT2D eigenvalue weighted by molar-refractivity contribution is 0.503. The van der Waals surface area contributed by atoms with Gasteiger partial charge in [-0.3, -0.25) is 0 Å². The molecule has 1 aliphatic heterocycles. The summed E-state index contributed by atoms with van der Waals surface area (Å²) < 4.78 is 0. The topological polar surface area (TPSA) is 12.0 Å². The summed E-state index contributed by atoms with van der Waals surface area (Å²) in [6, 6.07) is 24.7. The molecule has 0 saturated heterocycles. The lowest BCUT2D eigenvalue weighted by atomic mass is 9.90. The standard InChI is InChI=1S/C20H19N.BrH/c1-2-7-18-13-15(9-10-16(18)5-1)14-20-19-8-4-3-6-17(19)11-12-21-20;/h1-10,13,20-21H,11-12,14H2;1H. The van der Waals surface area contributed by atoms with Gasteiger partial charge in [-0.25, -0.2) is 0 Å². The molecule has 0 amide bonds. The van der Waals surface area contributed by atoms with E-state index in [4.69, 9.17) is 0 Å². The predicted octanol–water partition coefficient (Wildman–Crippen LogP) is 4.85. The van der Waals surface area contributed by atoms with E-state index in [1.54, 1.807) is 0 Å². The van der Waals surface area contributed by atoms with Crippen LogP contribution >= 0.6 is 17.0 Å². The Kier molecular flexibility index (Phi) is 4.60. The van der Waals surface area contributed by atoms with E-state index < -0.39 is 0 Å². The molecule has 0 saturated carbocycles. The minimum absolute atomic E-state index is 0. The van der Waals surface area contributed by atoms with Gasteiger partial charge in [0.15, 0.2) is 0 Å². The van der Waals surface area contributed by atoms with Crippen molar-refractivity contribution in [1.29, 1.82) is 0 Å². The maximum atomic E-state index is 3.67. The molecule has 4 rings (SSSR count). The maximum Gasteiger partial charge on any atom is 0.0363 e. The van der Waals surface area contributed by atoms with Crippen LogP contribution in [0.25, 0.3) is 10.8 Å². The van der Waals surface area contributed by atoms with Crippen molar-refractivity contribution in [2.45, 2.75) is 18.9 Å². The molecular weight excluding hydrogens is 334 g/mol. The molecule has 0 fully saturated rings. The van der Waals surface area contributed by atoms with Gasteiger partial charge < -0.3 is 5.32 Å². The zero-order valence-electron chi connectivity index (χ0n) is 12.5. The van der Waals surface area contributed by atoms with Gasteiger partial charge in [-0.05, 0) is 46.8 Å². The summed E-state index contributed by atoms with van der Waals surface area (Å²) in [7, 11) is 0. The van der Waals surface area contributed by atoms with Crippen LogP contribution in [0.5, 0.6) is 0 Å². The molecule has 0 spiro atoms. The summed E-state index contributed by atoms with van der Waals surface area (Å²) in [5.41, 5.74) is 4.38. The van der Waals surface area contributed by atoms with Crippen molar-refractivity contribution >= 4 is 27.8 Å². The third-order valence-corrected chi connectivity index (χ3v) is 4.47. The first-order chi connectivity index (χ1) is 10.4. The highest BCUT2D eigenvalue weighted by atomic mass is 79.9. The Hall–Kier alpha value is -1.64. The van der Waals surface area contributed by atoms with Crippen molar-refractivity contribution < 1.29 is 0 Å². The molecular formula is C20H20BrN. The van der Waals surface area contributed by atoms with Gasteiger partial charge in [-0.1, -0.05) is 66.7 Å².